The van der Waals surface area contributed by atoms with E-state index >= 15 is 0 Å². The Bertz CT molecular complexity index is 446. The lowest BCUT2D eigenvalue weighted by Crippen LogP contribution is -2.21. The van der Waals surface area contributed by atoms with Gasteiger partial charge in [-0.15, -0.1) is 0 Å². The molecule has 27 heavy (non-hydrogen) atoms. The first-order chi connectivity index (χ1) is 13.1. The molecule has 0 bridgehead atoms. The molecule has 4 atom stereocenters. The molecule has 5 nitrogen and oxygen atoms in total. The third-order valence-electron chi connectivity index (χ3n) is 5.45. The van der Waals surface area contributed by atoms with Crippen LogP contribution in [0.1, 0.15) is 64.2 Å². The van der Waals surface area contributed by atoms with Crippen LogP contribution in [0, 0.1) is 11.8 Å². The van der Waals surface area contributed by atoms with E-state index in [0.29, 0.717) is 6.42 Å². The SMILES string of the molecule is COC(=O)C=CCCCCC1C(/C=C/CCCCCCO)[C@H](OC)C[C@@H]1O. The number of ether oxygens (including phenoxy) is 2. The van der Waals surface area contributed by atoms with Gasteiger partial charge < -0.3 is 19.7 Å². The minimum atomic E-state index is -0.314. The van der Waals surface area contributed by atoms with Gasteiger partial charge in [0.2, 0.25) is 0 Å². The smallest absolute Gasteiger partial charge is 0.330 e. The normalized spacial score (nSPS) is 25.6. The number of methoxy groups -OCH3 is 2. The van der Waals surface area contributed by atoms with Gasteiger partial charge in [-0.2, -0.15) is 0 Å². The van der Waals surface area contributed by atoms with E-state index in [0.717, 1.165) is 57.8 Å². The summed E-state index contributed by atoms with van der Waals surface area (Å²) in [6, 6.07) is 0. The fourth-order valence-electron chi connectivity index (χ4n) is 3.88. The number of carbonyl (C=O) groups excluding carboxylic acids is 1. The average molecular weight is 383 g/mol. The van der Waals surface area contributed by atoms with Crippen molar-refractivity contribution in [1.82, 2.24) is 0 Å². The number of aliphatic hydroxyl groups excluding tert-OH is 2. The van der Waals surface area contributed by atoms with Gasteiger partial charge in [-0.25, -0.2) is 4.79 Å². The van der Waals surface area contributed by atoms with Gasteiger partial charge in [0.05, 0.1) is 19.3 Å². The first-order valence-corrected chi connectivity index (χ1v) is 10.4. The number of hydrogen-bond donors (Lipinski definition) is 2. The van der Waals surface area contributed by atoms with Crippen molar-refractivity contribution in [3.63, 3.8) is 0 Å². The van der Waals surface area contributed by atoms with Gasteiger partial charge in [0.1, 0.15) is 0 Å². The first-order valence-electron chi connectivity index (χ1n) is 10.4. The van der Waals surface area contributed by atoms with E-state index in [1.165, 1.54) is 13.2 Å². The van der Waals surface area contributed by atoms with Gasteiger partial charge in [-0.3, -0.25) is 0 Å². The molecule has 5 heteroatoms. The van der Waals surface area contributed by atoms with Crippen LogP contribution in [-0.2, 0) is 14.3 Å². The highest BCUT2D eigenvalue weighted by atomic mass is 16.5. The van der Waals surface area contributed by atoms with Crippen LogP contribution in [-0.4, -0.2) is 49.2 Å². The maximum absolute atomic E-state index is 11.0. The van der Waals surface area contributed by atoms with E-state index in [-0.39, 0.29) is 36.6 Å². The van der Waals surface area contributed by atoms with Gasteiger partial charge >= 0.3 is 5.97 Å². The predicted octanol–water partition coefficient (Wildman–Crippen LogP) is 3.79. The zero-order chi connectivity index (χ0) is 19.9. The van der Waals surface area contributed by atoms with Crippen LogP contribution in [0.2, 0.25) is 0 Å². The average Bonchev–Trinajstić information content (AvgIpc) is 2.98. The van der Waals surface area contributed by atoms with Crippen molar-refractivity contribution in [2.24, 2.45) is 11.8 Å². The predicted molar refractivity (Wildman–Crippen MR) is 107 cm³/mol. The fraction of sp³-hybridized carbons (Fsp3) is 0.773. The van der Waals surface area contributed by atoms with Crippen molar-refractivity contribution in [2.75, 3.05) is 20.8 Å². The van der Waals surface area contributed by atoms with Crippen molar-refractivity contribution in [2.45, 2.75) is 76.4 Å². The zero-order valence-electron chi connectivity index (χ0n) is 17.0. The van der Waals surface area contributed by atoms with Crippen LogP contribution >= 0.6 is 0 Å². The maximum atomic E-state index is 11.0. The Balaban J connectivity index is 2.38. The lowest BCUT2D eigenvalue weighted by atomic mass is 9.88. The minimum absolute atomic E-state index is 0.0925. The fourth-order valence-corrected chi connectivity index (χ4v) is 3.88. The van der Waals surface area contributed by atoms with Gasteiger partial charge in [-0.05, 0) is 44.4 Å². The highest BCUT2D eigenvalue weighted by molar-refractivity contribution is 5.81. The third-order valence-corrected chi connectivity index (χ3v) is 5.45. The summed E-state index contributed by atoms with van der Waals surface area (Å²) in [4.78, 5) is 11.0. The number of aliphatic hydroxyl groups is 2. The molecule has 0 aromatic carbocycles. The van der Waals surface area contributed by atoms with Crippen LogP contribution in [0.4, 0.5) is 0 Å². The summed E-state index contributed by atoms with van der Waals surface area (Å²) in [5.74, 6) is 0.198. The Morgan fingerprint density at radius 2 is 1.74 bits per heavy atom. The Morgan fingerprint density at radius 3 is 2.44 bits per heavy atom. The van der Waals surface area contributed by atoms with E-state index in [1.807, 2.05) is 6.08 Å². The van der Waals surface area contributed by atoms with Crippen LogP contribution in [0.25, 0.3) is 0 Å². The molecule has 2 unspecified atom stereocenters. The summed E-state index contributed by atoms with van der Waals surface area (Å²) in [5, 5.41) is 19.3. The molecule has 0 amide bonds. The number of hydrogen-bond acceptors (Lipinski definition) is 5. The van der Waals surface area contributed by atoms with E-state index in [4.69, 9.17) is 9.84 Å². The molecule has 0 heterocycles. The van der Waals surface area contributed by atoms with Crippen LogP contribution < -0.4 is 0 Å². The van der Waals surface area contributed by atoms with E-state index in [2.05, 4.69) is 16.9 Å². The molecule has 0 aromatic heterocycles. The number of carbonyl (C=O) groups is 1. The summed E-state index contributed by atoms with van der Waals surface area (Å²) >= 11 is 0. The lowest BCUT2D eigenvalue weighted by molar-refractivity contribution is -0.134. The maximum Gasteiger partial charge on any atom is 0.330 e. The van der Waals surface area contributed by atoms with Gasteiger partial charge in [-0.1, -0.05) is 37.5 Å². The molecule has 1 fully saturated rings. The molecule has 0 aromatic rings. The molecular formula is C22H38O5. The van der Waals surface area contributed by atoms with Crippen molar-refractivity contribution >= 4 is 5.97 Å². The highest BCUT2D eigenvalue weighted by Gasteiger charge is 2.40. The highest BCUT2D eigenvalue weighted by Crippen LogP contribution is 2.38. The quantitative estimate of drug-likeness (QED) is 0.207. The Labute approximate surface area is 164 Å². The summed E-state index contributed by atoms with van der Waals surface area (Å²) in [5.41, 5.74) is 0. The molecule has 0 saturated heterocycles. The first kappa shape index (κ1) is 23.9. The molecule has 1 saturated carbocycles. The van der Waals surface area contributed by atoms with Crippen molar-refractivity contribution in [3.05, 3.63) is 24.3 Å². The summed E-state index contributed by atoms with van der Waals surface area (Å²) < 4.78 is 10.2. The summed E-state index contributed by atoms with van der Waals surface area (Å²) in [6.45, 7) is 0.283. The number of allylic oxidation sites excluding steroid dienone is 2. The standard InChI is InChI=1S/C22H38O5/c1-26-21-17-20(24)18(13-9-6-7-11-15-22(25)27-2)19(21)14-10-5-3-4-8-12-16-23/h10-11,14-15,18-21,23-24H,3-9,12-13,16-17H2,1-2H3/b14-10+,15-11?/t18?,19?,20-,21+/m0/s1. The van der Waals surface area contributed by atoms with E-state index < -0.39 is 0 Å². The largest absolute Gasteiger partial charge is 0.466 e. The molecule has 0 spiro atoms. The third kappa shape index (κ3) is 9.54. The molecular weight excluding hydrogens is 344 g/mol. The number of unbranched alkanes of at least 4 members (excludes halogenated alkanes) is 6. The second kappa shape index (κ2) is 14.8. The van der Waals surface area contributed by atoms with Crippen molar-refractivity contribution < 1.29 is 24.5 Å². The molecule has 0 radical (unpaired) electrons. The minimum Gasteiger partial charge on any atom is -0.466 e. The van der Waals surface area contributed by atoms with Gasteiger partial charge in [0.25, 0.3) is 0 Å². The molecule has 0 aliphatic heterocycles. The van der Waals surface area contributed by atoms with Gasteiger partial charge in [0.15, 0.2) is 0 Å². The Hall–Kier alpha value is -1.17. The van der Waals surface area contributed by atoms with Crippen molar-refractivity contribution in [1.29, 1.82) is 0 Å². The zero-order valence-corrected chi connectivity index (χ0v) is 17.0. The van der Waals surface area contributed by atoms with E-state index in [1.54, 1.807) is 7.11 Å². The molecule has 2 N–H and O–H groups in total. The second-order valence-corrected chi connectivity index (χ2v) is 7.38. The number of esters is 1. The Morgan fingerprint density at radius 1 is 1.04 bits per heavy atom. The summed E-state index contributed by atoms with van der Waals surface area (Å²) in [7, 11) is 3.11. The summed E-state index contributed by atoms with van der Waals surface area (Å²) in [6.07, 6.45) is 17.4. The molecule has 156 valence electrons. The van der Waals surface area contributed by atoms with Gasteiger partial charge in [0, 0.05) is 32.1 Å². The molecule has 1 aliphatic carbocycles. The van der Waals surface area contributed by atoms with Crippen molar-refractivity contribution in [3.8, 4) is 0 Å². The topological polar surface area (TPSA) is 76.0 Å². The molecule has 1 rings (SSSR count). The lowest BCUT2D eigenvalue weighted by Gasteiger charge is -2.22. The van der Waals surface area contributed by atoms with E-state index in [9.17, 15) is 9.90 Å². The van der Waals surface area contributed by atoms with Crippen LogP contribution in [0.15, 0.2) is 24.3 Å². The monoisotopic (exact) mass is 382 g/mol. The van der Waals surface area contributed by atoms with Crippen LogP contribution in [0.5, 0.6) is 0 Å². The Kier molecular flexibility index (Phi) is 13.1. The number of rotatable bonds is 14. The van der Waals surface area contributed by atoms with Crippen LogP contribution in [0.3, 0.4) is 0 Å². The second-order valence-electron chi connectivity index (χ2n) is 7.38. The molecule has 1 aliphatic rings.